The minimum Gasteiger partial charge on any atom is -0.480 e. The molecule has 0 fully saturated rings. The van der Waals surface area contributed by atoms with Gasteiger partial charge in [0.2, 0.25) is 0 Å². The number of hydrogen-bond donors (Lipinski definition) is 2. The van der Waals surface area contributed by atoms with Crippen molar-refractivity contribution in [1.82, 2.24) is 4.90 Å². The molecule has 0 unspecified atom stereocenters. The van der Waals surface area contributed by atoms with Crippen LogP contribution in [0.3, 0.4) is 0 Å². The molecule has 1 aromatic rings. The van der Waals surface area contributed by atoms with Gasteiger partial charge in [-0.3, -0.25) is 4.90 Å². The fourth-order valence-electron chi connectivity index (χ4n) is 2.42. The van der Waals surface area contributed by atoms with Gasteiger partial charge in [0.15, 0.2) is 0 Å². The number of carbonyl (C=O) groups excluding carboxylic acids is 1. The molecular weight excluding hydrogens is 308 g/mol. The lowest BCUT2D eigenvalue weighted by atomic mass is 10.1. The summed E-state index contributed by atoms with van der Waals surface area (Å²) in [4.78, 5) is 25.4. The molecule has 1 aromatic carbocycles. The molecule has 24 heavy (non-hydrogen) atoms. The number of carbonyl (C=O) groups is 2. The number of amides is 1. The van der Waals surface area contributed by atoms with Gasteiger partial charge in [-0.15, -0.1) is 0 Å². The summed E-state index contributed by atoms with van der Waals surface area (Å²) in [6.07, 6.45) is 1.18. The van der Waals surface area contributed by atoms with Crippen LogP contribution in [-0.4, -0.2) is 41.2 Å². The number of benzene rings is 1. The van der Waals surface area contributed by atoms with Crippen LogP contribution in [0.4, 0.5) is 4.79 Å². The van der Waals surface area contributed by atoms with Gasteiger partial charge in [-0.25, -0.2) is 9.59 Å². The molecular formula is C18H28N2O4. The molecule has 1 amide bonds. The summed E-state index contributed by atoms with van der Waals surface area (Å²) in [6.45, 7) is 4.86. The van der Waals surface area contributed by atoms with Crippen LogP contribution < -0.4 is 5.73 Å². The highest BCUT2D eigenvalue weighted by Crippen LogP contribution is 2.15. The standard InChI is InChI=1S/C18H28N2O4/c1-14(2)12-20(16(17(21)22)10-6-7-11-19)18(23)24-13-15-8-4-3-5-9-15/h3-5,8-9,14,16H,6-7,10-13,19H2,1-2H3,(H,21,22)/t16-/m0/s1. The predicted octanol–water partition coefficient (Wildman–Crippen LogP) is 2.86. The van der Waals surface area contributed by atoms with Crippen LogP contribution in [-0.2, 0) is 16.1 Å². The molecule has 0 spiro atoms. The van der Waals surface area contributed by atoms with Crippen molar-refractivity contribution >= 4 is 12.1 Å². The zero-order valence-corrected chi connectivity index (χ0v) is 14.5. The maximum atomic E-state index is 12.4. The number of nitrogens with zero attached hydrogens (tertiary/aromatic N) is 1. The molecule has 0 aliphatic rings. The Morgan fingerprint density at radius 1 is 1.21 bits per heavy atom. The lowest BCUT2D eigenvalue weighted by molar-refractivity contribution is -0.143. The van der Waals surface area contributed by atoms with Crippen molar-refractivity contribution in [3.8, 4) is 0 Å². The van der Waals surface area contributed by atoms with Gasteiger partial charge in [-0.1, -0.05) is 44.2 Å². The zero-order chi connectivity index (χ0) is 17.9. The van der Waals surface area contributed by atoms with Crippen molar-refractivity contribution in [3.05, 3.63) is 35.9 Å². The Hall–Kier alpha value is -2.08. The van der Waals surface area contributed by atoms with Crippen LogP contribution in [0.1, 0.15) is 38.7 Å². The van der Waals surface area contributed by atoms with Gasteiger partial charge in [-0.2, -0.15) is 0 Å². The first-order chi connectivity index (χ1) is 11.5. The van der Waals surface area contributed by atoms with Crippen molar-refractivity contribution in [2.45, 2.75) is 45.8 Å². The Kier molecular flexibility index (Phi) is 8.86. The fraction of sp³-hybridized carbons (Fsp3) is 0.556. The quantitative estimate of drug-likeness (QED) is 0.641. The van der Waals surface area contributed by atoms with Gasteiger partial charge in [0.05, 0.1) is 0 Å². The van der Waals surface area contributed by atoms with Crippen molar-refractivity contribution in [2.75, 3.05) is 13.1 Å². The molecule has 6 nitrogen and oxygen atoms in total. The molecule has 0 aliphatic heterocycles. The first-order valence-corrected chi connectivity index (χ1v) is 8.36. The minimum atomic E-state index is -1.01. The Labute approximate surface area is 143 Å². The van der Waals surface area contributed by atoms with E-state index in [4.69, 9.17) is 10.5 Å². The largest absolute Gasteiger partial charge is 0.480 e. The average molecular weight is 336 g/mol. The summed E-state index contributed by atoms with van der Waals surface area (Å²) < 4.78 is 5.33. The van der Waals surface area contributed by atoms with E-state index in [2.05, 4.69) is 0 Å². The molecule has 0 aliphatic carbocycles. The molecule has 0 radical (unpaired) electrons. The average Bonchev–Trinajstić information content (AvgIpc) is 2.55. The molecule has 1 atom stereocenters. The zero-order valence-electron chi connectivity index (χ0n) is 14.5. The highest BCUT2D eigenvalue weighted by molar-refractivity contribution is 5.80. The van der Waals surface area contributed by atoms with Gasteiger partial charge in [-0.05, 0) is 37.3 Å². The SMILES string of the molecule is CC(C)CN(C(=O)OCc1ccccc1)[C@@H](CCCCN)C(=O)O. The van der Waals surface area contributed by atoms with Crippen molar-refractivity contribution in [2.24, 2.45) is 11.7 Å². The van der Waals surface area contributed by atoms with Crippen LogP contribution in [0.2, 0.25) is 0 Å². The van der Waals surface area contributed by atoms with Crippen LogP contribution in [0.5, 0.6) is 0 Å². The van der Waals surface area contributed by atoms with E-state index in [1.165, 1.54) is 4.90 Å². The lowest BCUT2D eigenvalue weighted by Crippen LogP contribution is -2.47. The summed E-state index contributed by atoms with van der Waals surface area (Å²) in [6, 6.07) is 8.44. The van der Waals surface area contributed by atoms with Crippen molar-refractivity contribution < 1.29 is 19.4 Å². The molecule has 1 rings (SSSR count). The second kappa shape index (κ2) is 10.6. The van der Waals surface area contributed by atoms with E-state index in [0.29, 0.717) is 25.9 Å². The fourth-order valence-corrected chi connectivity index (χ4v) is 2.42. The molecule has 3 N–H and O–H groups in total. The molecule has 0 saturated heterocycles. The van der Waals surface area contributed by atoms with Crippen LogP contribution in [0.25, 0.3) is 0 Å². The van der Waals surface area contributed by atoms with Gasteiger partial charge in [0.1, 0.15) is 12.6 Å². The Bertz CT molecular complexity index is 505. The maximum absolute atomic E-state index is 12.4. The highest BCUT2D eigenvalue weighted by atomic mass is 16.6. The van der Waals surface area contributed by atoms with E-state index in [1.54, 1.807) is 0 Å². The number of nitrogens with two attached hydrogens (primary N) is 1. The van der Waals surface area contributed by atoms with Gasteiger partial charge in [0.25, 0.3) is 0 Å². The number of unbranched alkanes of at least 4 members (excludes halogenated alkanes) is 1. The van der Waals surface area contributed by atoms with Crippen LogP contribution in [0.15, 0.2) is 30.3 Å². The van der Waals surface area contributed by atoms with E-state index in [0.717, 1.165) is 12.0 Å². The van der Waals surface area contributed by atoms with Gasteiger partial charge >= 0.3 is 12.1 Å². The number of carboxylic acid groups (broad SMARTS) is 1. The van der Waals surface area contributed by atoms with E-state index in [-0.39, 0.29) is 12.5 Å². The van der Waals surface area contributed by atoms with Gasteiger partial charge < -0.3 is 15.6 Å². The smallest absolute Gasteiger partial charge is 0.410 e. The Morgan fingerprint density at radius 2 is 1.88 bits per heavy atom. The number of carboxylic acids is 1. The molecule has 134 valence electrons. The lowest BCUT2D eigenvalue weighted by Gasteiger charge is -2.29. The highest BCUT2D eigenvalue weighted by Gasteiger charge is 2.30. The number of hydrogen-bond acceptors (Lipinski definition) is 4. The van der Waals surface area contributed by atoms with E-state index in [9.17, 15) is 14.7 Å². The van der Waals surface area contributed by atoms with E-state index < -0.39 is 18.1 Å². The van der Waals surface area contributed by atoms with Crippen molar-refractivity contribution in [1.29, 1.82) is 0 Å². The third-order valence-corrected chi connectivity index (χ3v) is 3.59. The van der Waals surface area contributed by atoms with Crippen molar-refractivity contribution in [3.63, 3.8) is 0 Å². The Morgan fingerprint density at radius 3 is 2.42 bits per heavy atom. The first-order valence-electron chi connectivity index (χ1n) is 8.36. The monoisotopic (exact) mass is 336 g/mol. The van der Waals surface area contributed by atoms with E-state index >= 15 is 0 Å². The maximum Gasteiger partial charge on any atom is 0.410 e. The first kappa shape index (κ1) is 20.0. The third-order valence-electron chi connectivity index (χ3n) is 3.59. The second-order valence-corrected chi connectivity index (χ2v) is 6.22. The van der Waals surface area contributed by atoms with Crippen LogP contribution >= 0.6 is 0 Å². The topological polar surface area (TPSA) is 92.9 Å². The minimum absolute atomic E-state index is 0.128. The van der Waals surface area contributed by atoms with E-state index in [1.807, 2.05) is 44.2 Å². The molecule has 0 heterocycles. The number of aliphatic carboxylic acids is 1. The third kappa shape index (κ3) is 7.00. The normalized spacial score (nSPS) is 12.0. The molecule has 6 heteroatoms. The summed E-state index contributed by atoms with van der Waals surface area (Å²) in [5, 5.41) is 9.51. The summed E-state index contributed by atoms with van der Waals surface area (Å²) >= 11 is 0. The number of rotatable bonds is 10. The van der Waals surface area contributed by atoms with Crippen LogP contribution in [0, 0.1) is 5.92 Å². The number of ether oxygens (including phenoxy) is 1. The second-order valence-electron chi connectivity index (χ2n) is 6.22. The summed E-state index contributed by atoms with van der Waals surface area (Å²) in [7, 11) is 0. The molecule has 0 bridgehead atoms. The van der Waals surface area contributed by atoms with Gasteiger partial charge in [0, 0.05) is 6.54 Å². The molecule has 0 saturated carbocycles. The Balaban J connectivity index is 2.76. The predicted molar refractivity (Wildman–Crippen MR) is 92.5 cm³/mol. The summed E-state index contributed by atoms with van der Waals surface area (Å²) in [5.41, 5.74) is 6.33. The molecule has 0 aromatic heterocycles. The summed E-state index contributed by atoms with van der Waals surface area (Å²) in [5.74, 6) is -0.866.